The Morgan fingerprint density at radius 1 is 0.680 bits per heavy atom. The highest BCUT2D eigenvalue weighted by Crippen LogP contribution is 2.40. The van der Waals surface area contributed by atoms with Crippen molar-refractivity contribution < 1.29 is 0 Å². The van der Waals surface area contributed by atoms with Crippen molar-refractivity contribution in [2.75, 3.05) is 0 Å². The Hall–Kier alpha value is -2.29. The maximum atomic E-state index is 6.65. The summed E-state index contributed by atoms with van der Waals surface area (Å²) in [6.45, 7) is 0. The second-order valence-corrected chi connectivity index (χ2v) is 7.45. The molecule has 5 aromatic rings. The van der Waals surface area contributed by atoms with Crippen LogP contribution in [0, 0.1) is 0 Å². The van der Waals surface area contributed by atoms with Gasteiger partial charge in [0.25, 0.3) is 0 Å². The summed E-state index contributed by atoms with van der Waals surface area (Å²) >= 11 is 10.3. The number of benzene rings is 4. The summed E-state index contributed by atoms with van der Waals surface area (Å²) in [5.74, 6) is 0. The van der Waals surface area contributed by atoms with Gasteiger partial charge in [-0.05, 0) is 41.8 Å². The lowest BCUT2D eigenvalue weighted by Gasteiger charge is -2.09. The molecule has 0 fully saturated rings. The Labute approximate surface area is 158 Å². The van der Waals surface area contributed by atoms with E-state index in [1.165, 1.54) is 21.7 Å². The first kappa shape index (κ1) is 15.0. The third kappa shape index (κ3) is 2.21. The van der Waals surface area contributed by atoms with Crippen LogP contribution in [0.15, 0.2) is 83.3 Å². The van der Waals surface area contributed by atoms with Gasteiger partial charge in [0.1, 0.15) is 0 Å². The minimum absolute atomic E-state index is 0.773. The molecule has 0 saturated heterocycles. The van der Waals surface area contributed by atoms with Gasteiger partial charge in [-0.2, -0.15) is 0 Å². The third-order valence-corrected chi connectivity index (χ3v) is 5.50. The number of para-hydroxylation sites is 2. The van der Waals surface area contributed by atoms with Gasteiger partial charge in [0.15, 0.2) is 0 Å². The van der Waals surface area contributed by atoms with Crippen LogP contribution >= 0.6 is 27.5 Å². The van der Waals surface area contributed by atoms with Gasteiger partial charge in [-0.15, -0.1) is 0 Å². The van der Waals surface area contributed by atoms with E-state index < -0.39 is 0 Å². The fourth-order valence-electron chi connectivity index (χ4n) is 3.66. The summed E-state index contributed by atoms with van der Waals surface area (Å²) in [5.41, 5.74) is 3.45. The average Bonchev–Trinajstić information content (AvgIpc) is 2.96. The number of nitrogens with zero attached hydrogens (tertiary/aromatic N) is 1. The lowest BCUT2D eigenvalue weighted by Crippen LogP contribution is -1.93. The first-order chi connectivity index (χ1) is 12.2. The molecule has 25 heavy (non-hydrogen) atoms. The molecule has 0 aliphatic carbocycles. The van der Waals surface area contributed by atoms with Crippen LogP contribution in [0.3, 0.4) is 0 Å². The van der Waals surface area contributed by atoms with Crippen LogP contribution in [-0.4, -0.2) is 4.57 Å². The molecule has 0 unspecified atom stereocenters. The zero-order valence-corrected chi connectivity index (χ0v) is 15.6. The van der Waals surface area contributed by atoms with E-state index in [0.29, 0.717) is 0 Å². The minimum atomic E-state index is 0.773. The molecule has 0 atom stereocenters. The normalized spacial score (nSPS) is 11.6. The van der Waals surface area contributed by atoms with Crippen LogP contribution in [0.25, 0.3) is 38.3 Å². The van der Waals surface area contributed by atoms with Gasteiger partial charge >= 0.3 is 0 Å². The highest BCUT2D eigenvalue weighted by atomic mass is 79.9. The fraction of sp³-hybridized carbons (Fsp3) is 0. The van der Waals surface area contributed by atoms with Gasteiger partial charge in [0, 0.05) is 26.3 Å². The van der Waals surface area contributed by atoms with Gasteiger partial charge in [0.05, 0.1) is 16.1 Å². The summed E-state index contributed by atoms with van der Waals surface area (Å²) in [5, 5.41) is 5.49. The van der Waals surface area contributed by atoms with Crippen molar-refractivity contribution in [2.24, 2.45) is 0 Å². The highest BCUT2D eigenvalue weighted by molar-refractivity contribution is 9.10. The highest BCUT2D eigenvalue weighted by Gasteiger charge is 2.16. The molecule has 0 saturated carbocycles. The fourth-order valence-corrected chi connectivity index (χ4v) is 4.29. The SMILES string of the molecule is Clc1cc2c(c3cc(Br)ccc13)c1ccccc1n2-c1ccccc1. The zero-order valence-electron chi connectivity index (χ0n) is 13.2. The molecule has 0 aliphatic rings. The van der Waals surface area contributed by atoms with E-state index in [1.807, 2.05) is 12.1 Å². The largest absolute Gasteiger partial charge is 0.309 e. The lowest BCUT2D eigenvalue weighted by molar-refractivity contribution is 1.18. The summed E-state index contributed by atoms with van der Waals surface area (Å²) < 4.78 is 3.34. The molecule has 1 nitrogen and oxygen atoms in total. The number of halogens is 2. The predicted octanol–water partition coefficient (Wildman–Crippen LogP) is 7.35. The van der Waals surface area contributed by atoms with Gasteiger partial charge < -0.3 is 4.57 Å². The Balaban J connectivity index is 2.09. The van der Waals surface area contributed by atoms with E-state index in [9.17, 15) is 0 Å². The van der Waals surface area contributed by atoms with Crippen molar-refractivity contribution in [3.05, 3.63) is 88.4 Å². The van der Waals surface area contributed by atoms with Crippen LogP contribution in [0.5, 0.6) is 0 Å². The molecule has 120 valence electrons. The Bertz CT molecular complexity index is 1260. The van der Waals surface area contributed by atoms with Gasteiger partial charge in [0.2, 0.25) is 0 Å². The number of fused-ring (bicyclic) bond motifs is 5. The molecule has 1 aromatic heterocycles. The summed E-state index contributed by atoms with van der Waals surface area (Å²) in [7, 11) is 0. The van der Waals surface area contributed by atoms with Crippen molar-refractivity contribution >= 4 is 60.1 Å². The topological polar surface area (TPSA) is 4.93 Å². The predicted molar refractivity (Wildman–Crippen MR) is 111 cm³/mol. The summed E-state index contributed by atoms with van der Waals surface area (Å²) in [6.07, 6.45) is 0. The lowest BCUT2D eigenvalue weighted by atomic mass is 10.0. The molecule has 0 N–H and O–H groups in total. The monoisotopic (exact) mass is 405 g/mol. The van der Waals surface area contributed by atoms with Crippen molar-refractivity contribution in [3.63, 3.8) is 0 Å². The quantitative estimate of drug-likeness (QED) is 0.274. The molecular formula is C22H13BrClN. The van der Waals surface area contributed by atoms with Crippen molar-refractivity contribution in [2.45, 2.75) is 0 Å². The molecule has 1 heterocycles. The van der Waals surface area contributed by atoms with E-state index in [4.69, 9.17) is 11.6 Å². The van der Waals surface area contributed by atoms with Crippen LogP contribution < -0.4 is 0 Å². The van der Waals surface area contributed by atoms with Crippen molar-refractivity contribution in [1.82, 2.24) is 4.57 Å². The second-order valence-electron chi connectivity index (χ2n) is 6.13. The molecule has 4 aromatic carbocycles. The minimum Gasteiger partial charge on any atom is -0.309 e. The van der Waals surface area contributed by atoms with Crippen LogP contribution in [0.2, 0.25) is 5.02 Å². The Kier molecular flexibility index (Phi) is 3.37. The van der Waals surface area contributed by atoms with Crippen LogP contribution in [0.4, 0.5) is 0 Å². The van der Waals surface area contributed by atoms with E-state index >= 15 is 0 Å². The number of hydrogen-bond donors (Lipinski definition) is 0. The van der Waals surface area contributed by atoms with Gasteiger partial charge in [-0.3, -0.25) is 0 Å². The first-order valence-corrected chi connectivity index (χ1v) is 9.27. The Morgan fingerprint density at radius 3 is 2.28 bits per heavy atom. The molecule has 0 bridgehead atoms. The van der Waals surface area contributed by atoms with Crippen molar-refractivity contribution in [3.8, 4) is 5.69 Å². The molecular weight excluding hydrogens is 394 g/mol. The number of hydrogen-bond acceptors (Lipinski definition) is 0. The molecule has 0 spiro atoms. The third-order valence-electron chi connectivity index (χ3n) is 4.70. The van der Waals surface area contributed by atoms with E-state index in [0.717, 1.165) is 26.1 Å². The van der Waals surface area contributed by atoms with E-state index in [1.54, 1.807) is 0 Å². The van der Waals surface area contributed by atoms with Gasteiger partial charge in [-0.1, -0.05) is 70.0 Å². The Morgan fingerprint density at radius 2 is 1.44 bits per heavy atom. The van der Waals surface area contributed by atoms with Gasteiger partial charge in [-0.25, -0.2) is 0 Å². The first-order valence-electron chi connectivity index (χ1n) is 8.10. The summed E-state index contributed by atoms with van der Waals surface area (Å²) in [6, 6.07) is 27.3. The zero-order chi connectivity index (χ0) is 17.0. The van der Waals surface area contributed by atoms with E-state index in [2.05, 4.69) is 87.2 Å². The maximum absolute atomic E-state index is 6.65. The maximum Gasteiger partial charge on any atom is 0.0562 e. The molecule has 0 amide bonds. The molecule has 5 rings (SSSR count). The second kappa shape index (κ2) is 5.62. The standard InChI is InChI=1S/C22H13BrClN/c23-14-10-11-16-18(12-14)22-17-8-4-5-9-20(17)25(21(22)13-19(16)24)15-6-2-1-3-7-15/h1-13H. The molecule has 0 radical (unpaired) electrons. The number of aromatic nitrogens is 1. The van der Waals surface area contributed by atoms with E-state index in [-0.39, 0.29) is 0 Å². The average molecular weight is 407 g/mol. The molecule has 0 aliphatic heterocycles. The van der Waals surface area contributed by atoms with Crippen LogP contribution in [-0.2, 0) is 0 Å². The number of rotatable bonds is 1. The summed E-state index contributed by atoms with van der Waals surface area (Å²) in [4.78, 5) is 0. The molecule has 3 heteroatoms. The smallest absolute Gasteiger partial charge is 0.0562 e. The van der Waals surface area contributed by atoms with Crippen LogP contribution in [0.1, 0.15) is 0 Å². The van der Waals surface area contributed by atoms with Crippen molar-refractivity contribution in [1.29, 1.82) is 0 Å².